The topological polar surface area (TPSA) is 124 Å². The summed E-state index contributed by atoms with van der Waals surface area (Å²) in [6.45, 7) is 1.96. The molecule has 0 aliphatic carbocycles. The first-order valence-corrected chi connectivity index (χ1v) is 9.12. The number of hydrogen-bond acceptors (Lipinski definition) is 9. The second-order valence-corrected chi connectivity index (χ2v) is 7.39. The molecule has 2 heterocycles. The smallest absolute Gasteiger partial charge is 0.393 e. The lowest BCUT2D eigenvalue weighted by Crippen LogP contribution is -2.43. The first-order chi connectivity index (χ1) is 12.7. The highest BCUT2D eigenvalue weighted by Crippen LogP contribution is 2.37. The van der Waals surface area contributed by atoms with E-state index < -0.39 is 16.7 Å². The number of piperazine rings is 1. The van der Waals surface area contributed by atoms with Gasteiger partial charge in [-0.3, -0.25) is 4.79 Å². The van der Waals surface area contributed by atoms with Crippen LogP contribution in [0.5, 0.6) is 0 Å². The van der Waals surface area contributed by atoms with E-state index in [1.807, 2.05) is 4.31 Å². The molecule has 1 aromatic heterocycles. The van der Waals surface area contributed by atoms with E-state index in [0.717, 1.165) is 11.3 Å². The van der Waals surface area contributed by atoms with Crippen molar-refractivity contribution in [2.75, 3.05) is 31.1 Å². The van der Waals surface area contributed by atoms with Crippen LogP contribution in [0.2, 0.25) is 0 Å². The van der Waals surface area contributed by atoms with E-state index >= 15 is 0 Å². The fourth-order valence-electron chi connectivity index (χ4n) is 2.15. The molecule has 1 aliphatic heterocycles. The number of rotatable bonds is 6. The lowest BCUT2D eigenvalue weighted by Gasteiger charge is -2.33. The number of amides is 1. The van der Waals surface area contributed by atoms with Crippen LogP contribution < -0.4 is 21.7 Å². The number of nitrogens with one attached hydrogen (secondary N) is 1. The molecule has 1 aromatic rings. The highest BCUT2D eigenvalue weighted by molar-refractivity contribution is 8.00. The predicted molar refractivity (Wildman–Crippen MR) is 96.9 cm³/mol. The van der Waals surface area contributed by atoms with Crippen LogP contribution in [0.15, 0.2) is 23.0 Å². The summed E-state index contributed by atoms with van der Waals surface area (Å²) in [5.74, 6) is 0.149. The number of halogens is 3. The van der Waals surface area contributed by atoms with E-state index in [-0.39, 0.29) is 11.0 Å². The summed E-state index contributed by atoms with van der Waals surface area (Å²) in [5, 5.41) is 11.8. The van der Waals surface area contributed by atoms with Crippen molar-refractivity contribution in [1.29, 1.82) is 5.26 Å². The van der Waals surface area contributed by atoms with Gasteiger partial charge in [0, 0.05) is 26.2 Å². The monoisotopic (exact) mass is 419 g/mol. The van der Waals surface area contributed by atoms with Gasteiger partial charge in [-0.05, 0) is 24.1 Å². The Labute approximate surface area is 161 Å². The van der Waals surface area contributed by atoms with Crippen LogP contribution in [0.1, 0.15) is 10.6 Å². The minimum absolute atomic E-state index is 0.149. The van der Waals surface area contributed by atoms with Gasteiger partial charge in [0.05, 0.1) is 5.03 Å². The molecule has 0 aromatic carbocycles. The zero-order valence-electron chi connectivity index (χ0n) is 13.9. The number of nitrogens with two attached hydrogens (primary N) is 2. The molecular formula is C14H16F3N7OS2. The van der Waals surface area contributed by atoms with Gasteiger partial charge >= 0.3 is 6.18 Å². The molecule has 0 saturated carbocycles. The van der Waals surface area contributed by atoms with Crippen molar-refractivity contribution in [3.63, 3.8) is 0 Å². The fourth-order valence-corrected chi connectivity index (χ4v) is 3.86. The molecular weight excluding hydrogens is 403 g/mol. The minimum atomic E-state index is -4.65. The van der Waals surface area contributed by atoms with Crippen LogP contribution in [0, 0.1) is 11.3 Å². The fraction of sp³-hybridized carbons (Fsp3) is 0.357. The SMILES string of the molecule is N#Cc1sc(N2CCN(S/C(N)=C/C=C(\N)NC=O)CC2)nc1C(F)(F)F. The number of nitriles is 1. The van der Waals surface area contributed by atoms with Crippen molar-refractivity contribution in [2.24, 2.45) is 11.5 Å². The molecule has 146 valence electrons. The number of aromatic nitrogens is 1. The van der Waals surface area contributed by atoms with Crippen LogP contribution >= 0.6 is 23.3 Å². The highest BCUT2D eigenvalue weighted by Gasteiger charge is 2.38. The first-order valence-electron chi connectivity index (χ1n) is 7.53. The molecule has 8 nitrogen and oxygen atoms in total. The van der Waals surface area contributed by atoms with E-state index in [0.29, 0.717) is 37.6 Å². The number of carbonyl (C=O) groups excluding carboxylic acids is 1. The molecule has 0 atom stereocenters. The molecule has 1 saturated heterocycles. The van der Waals surface area contributed by atoms with Crippen molar-refractivity contribution in [1.82, 2.24) is 14.6 Å². The maximum atomic E-state index is 12.9. The molecule has 1 aliphatic rings. The Morgan fingerprint density at radius 1 is 1.30 bits per heavy atom. The molecule has 0 unspecified atom stereocenters. The maximum absolute atomic E-state index is 12.9. The summed E-state index contributed by atoms with van der Waals surface area (Å²) in [5.41, 5.74) is 10.2. The van der Waals surface area contributed by atoms with Gasteiger partial charge in [-0.1, -0.05) is 11.3 Å². The molecule has 2 rings (SSSR count). The molecule has 0 bridgehead atoms. The lowest BCUT2D eigenvalue weighted by molar-refractivity contribution is -0.140. The molecule has 13 heteroatoms. The summed E-state index contributed by atoms with van der Waals surface area (Å²) < 4.78 is 40.7. The zero-order valence-corrected chi connectivity index (χ0v) is 15.5. The second-order valence-electron chi connectivity index (χ2n) is 5.24. The van der Waals surface area contributed by atoms with Crippen molar-refractivity contribution in [3.05, 3.63) is 33.6 Å². The van der Waals surface area contributed by atoms with Gasteiger partial charge in [-0.15, -0.1) is 0 Å². The predicted octanol–water partition coefficient (Wildman–Crippen LogP) is 1.15. The van der Waals surface area contributed by atoms with Crippen LogP contribution in [-0.4, -0.2) is 41.9 Å². The number of allylic oxidation sites excluding steroid dienone is 2. The number of anilines is 1. The van der Waals surface area contributed by atoms with Crippen LogP contribution in [0.3, 0.4) is 0 Å². The Balaban J connectivity index is 1.95. The normalized spacial score (nSPS) is 16.9. The average Bonchev–Trinajstić information content (AvgIpc) is 3.06. The third kappa shape index (κ3) is 5.78. The summed E-state index contributed by atoms with van der Waals surface area (Å²) in [6.07, 6.45) is -1.21. The molecule has 0 radical (unpaired) electrons. The standard InChI is InChI=1S/C14H16F3N7OS2/c15-14(16,17)12-9(7-18)26-13(22-12)23-3-5-24(6-4-23)27-11(20)2-1-10(19)21-8-25/h1-2,8H,3-6,19-20H2,(H,21,25)/b10-1+,11-2+. The zero-order chi connectivity index (χ0) is 20.0. The second kappa shape index (κ2) is 8.98. The van der Waals surface area contributed by atoms with Crippen molar-refractivity contribution < 1.29 is 18.0 Å². The minimum Gasteiger partial charge on any atom is -0.393 e. The molecule has 0 spiro atoms. The van der Waals surface area contributed by atoms with Gasteiger partial charge in [0.25, 0.3) is 0 Å². The van der Waals surface area contributed by atoms with Crippen molar-refractivity contribution >= 4 is 34.8 Å². The highest BCUT2D eigenvalue weighted by atomic mass is 32.2. The first kappa shape index (κ1) is 20.9. The quantitative estimate of drug-likeness (QED) is 0.356. The number of hydrogen-bond donors (Lipinski definition) is 3. The largest absolute Gasteiger partial charge is 0.435 e. The van der Waals surface area contributed by atoms with Gasteiger partial charge in [-0.25, -0.2) is 9.29 Å². The van der Waals surface area contributed by atoms with Gasteiger partial charge in [-0.2, -0.15) is 18.4 Å². The van der Waals surface area contributed by atoms with E-state index in [4.69, 9.17) is 16.7 Å². The van der Waals surface area contributed by atoms with E-state index in [9.17, 15) is 18.0 Å². The molecule has 1 amide bonds. The Morgan fingerprint density at radius 2 is 1.96 bits per heavy atom. The number of nitrogens with zero attached hydrogens (tertiary/aromatic N) is 4. The Bertz CT molecular complexity index is 777. The van der Waals surface area contributed by atoms with Gasteiger partial charge < -0.3 is 21.7 Å². The summed E-state index contributed by atoms with van der Waals surface area (Å²) >= 11 is 2.01. The number of carbonyl (C=O) groups is 1. The molecule has 5 N–H and O–H groups in total. The Morgan fingerprint density at radius 3 is 2.48 bits per heavy atom. The van der Waals surface area contributed by atoms with E-state index in [2.05, 4.69) is 10.3 Å². The Kier molecular flexibility index (Phi) is 6.94. The molecule has 1 fully saturated rings. The van der Waals surface area contributed by atoms with Gasteiger partial charge in [0.2, 0.25) is 6.41 Å². The van der Waals surface area contributed by atoms with Crippen molar-refractivity contribution in [2.45, 2.75) is 6.18 Å². The number of thiazole rings is 1. The molecule has 27 heavy (non-hydrogen) atoms. The lowest BCUT2D eigenvalue weighted by atomic mass is 10.3. The van der Waals surface area contributed by atoms with Crippen LogP contribution in [0.25, 0.3) is 0 Å². The summed E-state index contributed by atoms with van der Waals surface area (Å²) in [6, 6.07) is 1.56. The summed E-state index contributed by atoms with van der Waals surface area (Å²) in [4.78, 5) is 15.1. The summed E-state index contributed by atoms with van der Waals surface area (Å²) in [7, 11) is 0. The van der Waals surface area contributed by atoms with Gasteiger partial charge in [0.15, 0.2) is 10.8 Å². The van der Waals surface area contributed by atoms with Crippen molar-refractivity contribution in [3.8, 4) is 6.07 Å². The average molecular weight is 419 g/mol. The number of alkyl halides is 3. The van der Waals surface area contributed by atoms with Gasteiger partial charge in [0.1, 0.15) is 16.8 Å². The van der Waals surface area contributed by atoms with E-state index in [1.54, 1.807) is 17.0 Å². The van der Waals surface area contributed by atoms with Crippen LogP contribution in [0.4, 0.5) is 18.3 Å². The van der Waals surface area contributed by atoms with E-state index in [1.165, 1.54) is 18.0 Å². The maximum Gasteiger partial charge on any atom is 0.435 e. The third-order valence-corrected chi connectivity index (χ3v) is 5.37. The third-order valence-electron chi connectivity index (χ3n) is 3.38. The van der Waals surface area contributed by atoms with Crippen LogP contribution in [-0.2, 0) is 11.0 Å². The Hall–Kier alpha value is -2.43.